The monoisotopic (exact) mass is 185 g/mol. The molecular weight excluding hydrogens is 173 g/mol. The van der Waals surface area contributed by atoms with Crippen LogP contribution in [0, 0.1) is 5.92 Å². The van der Waals surface area contributed by atoms with Crippen LogP contribution in [0.3, 0.4) is 0 Å². The SMILES string of the molecule is O=S([O-])CC1CCNCC1.[Na+]. The van der Waals surface area contributed by atoms with E-state index < -0.39 is 11.1 Å². The maximum Gasteiger partial charge on any atom is 1.00 e. The van der Waals surface area contributed by atoms with Gasteiger partial charge in [-0.25, -0.2) is 0 Å². The summed E-state index contributed by atoms with van der Waals surface area (Å²) in [6, 6.07) is 0. The fraction of sp³-hybridized carbons (Fsp3) is 1.00. The fourth-order valence-corrected chi connectivity index (χ4v) is 1.96. The van der Waals surface area contributed by atoms with Crippen molar-refractivity contribution < 1.29 is 38.3 Å². The zero-order valence-electron chi connectivity index (χ0n) is 6.84. The summed E-state index contributed by atoms with van der Waals surface area (Å²) in [5.74, 6) is 0.751. The number of piperidine rings is 1. The first kappa shape index (κ1) is 12.1. The van der Waals surface area contributed by atoms with E-state index in [1.807, 2.05) is 0 Å². The van der Waals surface area contributed by atoms with Crippen LogP contribution in [0.25, 0.3) is 0 Å². The van der Waals surface area contributed by atoms with E-state index in [9.17, 15) is 8.76 Å². The van der Waals surface area contributed by atoms with E-state index in [-0.39, 0.29) is 29.6 Å². The molecule has 1 atom stereocenters. The molecule has 1 aliphatic rings. The van der Waals surface area contributed by atoms with Gasteiger partial charge in [-0.3, -0.25) is 4.21 Å². The van der Waals surface area contributed by atoms with Crippen molar-refractivity contribution >= 4 is 11.1 Å². The van der Waals surface area contributed by atoms with Gasteiger partial charge in [0.05, 0.1) is 0 Å². The third-order valence-electron chi connectivity index (χ3n) is 1.83. The largest absolute Gasteiger partial charge is 1.00 e. The Labute approximate surface area is 91.9 Å². The topological polar surface area (TPSA) is 52.2 Å². The Balaban J connectivity index is 0.000001000. The van der Waals surface area contributed by atoms with E-state index in [4.69, 9.17) is 0 Å². The summed E-state index contributed by atoms with van der Waals surface area (Å²) in [6.45, 7) is 1.95. The predicted molar refractivity (Wildman–Crippen MR) is 39.4 cm³/mol. The van der Waals surface area contributed by atoms with Crippen LogP contribution < -0.4 is 34.9 Å². The molecule has 1 heterocycles. The summed E-state index contributed by atoms with van der Waals surface area (Å²) in [4.78, 5) is 0. The van der Waals surface area contributed by atoms with Crippen molar-refractivity contribution in [2.24, 2.45) is 5.92 Å². The van der Waals surface area contributed by atoms with E-state index in [0.717, 1.165) is 25.9 Å². The third kappa shape index (κ3) is 5.33. The van der Waals surface area contributed by atoms with Gasteiger partial charge in [-0.1, -0.05) is 11.1 Å². The number of nitrogens with one attached hydrogen (secondary N) is 1. The van der Waals surface area contributed by atoms with Crippen molar-refractivity contribution in [2.45, 2.75) is 12.8 Å². The number of hydrogen-bond donors (Lipinski definition) is 1. The van der Waals surface area contributed by atoms with Crippen LogP contribution in [0.4, 0.5) is 0 Å². The molecule has 0 radical (unpaired) electrons. The molecule has 0 aromatic heterocycles. The molecule has 0 spiro atoms. The van der Waals surface area contributed by atoms with Crippen LogP contribution >= 0.6 is 0 Å². The Morgan fingerprint density at radius 2 is 2.00 bits per heavy atom. The minimum atomic E-state index is -1.84. The van der Waals surface area contributed by atoms with Gasteiger partial charge in [0.25, 0.3) is 0 Å². The molecule has 11 heavy (non-hydrogen) atoms. The van der Waals surface area contributed by atoms with Crippen LogP contribution in [0.5, 0.6) is 0 Å². The normalized spacial score (nSPS) is 22.3. The van der Waals surface area contributed by atoms with E-state index in [1.165, 1.54) is 0 Å². The number of hydrogen-bond acceptors (Lipinski definition) is 3. The van der Waals surface area contributed by atoms with Crippen molar-refractivity contribution in [3.63, 3.8) is 0 Å². The third-order valence-corrected chi connectivity index (χ3v) is 2.57. The second-order valence-electron chi connectivity index (χ2n) is 2.66. The van der Waals surface area contributed by atoms with Gasteiger partial charge in [0, 0.05) is 5.75 Å². The molecular formula is C6H12NNaO2S. The van der Waals surface area contributed by atoms with Gasteiger partial charge in [0.15, 0.2) is 0 Å². The summed E-state index contributed by atoms with van der Waals surface area (Å²) < 4.78 is 20.5. The van der Waals surface area contributed by atoms with Crippen LogP contribution in [-0.2, 0) is 11.1 Å². The maximum atomic E-state index is 10.2. The Hall–Kier alpha value is 1.07. The molecule has 0 saturated carbocycles. The molecule has 1 saturated heterocycles. The summed E-state index contributed by atoms with van der Waals surface area (Å²) >= 11 is -1.84. The minimum absolute atomic E-state index is 0. The second kappa shape index (κ2) is 6.57. The van der Waals surface area contributed by atoms with E-state index in [2.05, 4.69) is 5.32 Å². The standard InChI is InChI=1S/C6H13NO2S.Na/c8-10(9)5-6-1-3-7-4-2-6;/h6-7H,1-5H2,(H,8,9);/q;+1/p-1. The molecule has 3 nitrogen and oxygen atoms in total. The van der Waals surface area contributed by atoms with E-state index >= 15 is 0 Å². The molecule has 1 N–H and O–H groups in total. The molecule has 0 aliphatic carbocycles. The van der Waals surface area contributed by atoms with Gasteiger partial charge >= 0.3 is 29.6 Å². The maximum absolute atomic E-state index is 10.2. The predicted octanol–water partition coefficient (Wildman–Crippen LogP) is -3.13. The van der Waals surface area contributed by atoms with Crippen molar-refractivity contribution in [2.75, 3.05) is 18.8 Å². The fourth-order valence-electron chi connectivity index (χ4n) is 1.24. The summed E-state index contributed by atoms with van der Waals surface area (Å²) in [5, 5.41) is 3.19. The first-order valence-corrected chi connectivity index (χ1v) is 4.80. The minimum Gasteiger partial charge on any atom is -0.772 e. The van der Waals surface area contributed by atoms with Gasteiger partial charge in [-0.15, -0.1) is 0 Å². The molecule has 60 valence electrons. The smallest absolute Gasteiger partial charge is 0.772 e. The molecule has 5 heteroatoms. The Morgan fingerprint density at radius 3 is 2.45 bits per heavy atom. The van der Waals surface area contributed by atoms with Crippen molar-refractivity contribution in [3.8, 4) is 0 Å². The van der Waals surface area contributed by atoms with Gasteiger partial charge in [0.1, 0.15) is 0 Å². The van der Waals surface area contributed by atoms with Crippen LogP contribution in [0.1, 0.15) is 12.8 Å². The molecule has 1 rings (SSSR count). The quantitative estimate of drug-likeness (QED) is 0.365. The van der Waals surface area contributed by atoms with Gasteiger partial charge in [-0.2, -0.15) is 0 Å². The summed E-state index contributed by atoms with van der Waals surface area (Å²) in [5.41, 5.74) is 0. The first-order valence-electron chi connectivity index (χ1n) is 3.55. The second-order valence-corrected chi connectivity index (χ2v) is 3.60. The van der Waals surface area contributed by atoms with Crippen molar-refractivity contribution in [3.05, 3.63) is 0 Å². The van der Waals surface area contributed by atoms with Crippen molar-refractivity contribution in [1.29, 1.82) is 0 Å². The average molecular weight is 185 g/mol. The van der Waals surface area contributed by atoms with Crippen molar-refractivity contribution in [1.82, 2.24) is 5.32 Å². The van der Waals surface area contributed by atoms with Crippen LogP contribution in [0.2, 0.25) is 0 Å². The Morgan fingerprint density at radius 1 is 1.45 bits per heavy atom. The van der Waals surface area contributed by atoms with Gasteiger partial charge < -0.3 is 9.87 Å². The first-order chi connectivity index (χ1) is 4.79. The van der Waals surface area contributed by atoms with Gasteiger partial charge in [0.2, 0.25) is 0 Å². The Bertz CT molecular complexity index is 128. The zero-order valence-corrected chi connectivity index (χ0v) is 9.65. The molecule has 0 aromatic carbocycles. The number of rotatable bonds is 2. The van der Waals surface area contributed by atoms with Crippen LogP contribution in [0.15, 0.2) is 0 Å². The molecule has 1 fully saturated rings. The van der Waals surface area contributed by atoms with Gasteiger partial charge in [-0.05, 0) is 31.8 Å². The van der Waals surface area contributed by atoms with E-state index in [1.54, 1.807) is 0 Å². The average Bonchev–Trinajstić information content (AvgIpc) is 1.88. The molecule has 0 bridgehead atoms. The molecule has 1 aliphatic heterocycles. The summed E-state index contributed by atoms with van der Waals surface area (Å²) in [7, 11) is 0. The summed E-state index contributed by atoms with van der Waals surface area (Å²) in [6.07, 6.45) is 2.02. The van der Waals surface area contributed by atoms with E-state index in [0.29, 0.717) is 11.7 Å². The molecule has 1 unspecified atom stereocenters. The molecule has 0 amide bonds. The zero-order chi connectivity index (χ0) is 7.40. The molecule has 0 aromatic rings. The van der Waals surface area contributed by atoms with Crippen LogP contribution in [-0.4, -0.2) is 27.6 Å². The Kier molecular flexibility index (Phi) is 7.21.